The SMILES string of the molecule is CC1=CCC([Si](C)(C)C2=C(C)C=CC2)=C1C. The summed E-state index contributed by atoms with van der Waals surface area (Å²) < 4.78 is 0. The van der Waals surface area contributed by atoms with E-state index in [1.54, 1.807) is 16.0 Å². The fourth-order valence-electron chi connectivity index (χ4n) is 3.07. The van der Waals surface area contributed by atoms with Crippen LogP contribution in [0.2, 0.25) is 13.1 Å². The average molecular weight is 230 g/mol. The maximum absolute atomic E-state index is 2.52. The Balaban J connectivity index is 2.39. The molecule has 0 aromatic heterocycles. The monoisotopic (exact) mass is 230 g/mol. The molecule has 0 aliphatic heterocycles. The van der Waals surface area contributed by atoms with Crippen molar-refractivity contribution in [3.8, 4) is 0 Å². The summed E-state index contributed by atoms with van der Waals surface area (Å²) in [4.78, 5) is 0. The molecule has 2 aliphatic carbocycles. The summed E-state index contributed by atoms with van der Waals surface area (Å²) >= 11 is 0. The van der Waals surface area contributed by atoms with Crippen molar-refractivity contribution in [2.45, 2.75) is 46.7 Å². The standard InChI is InChI=1S/C15H22Si/c1-11-9-10-15(13(11)3)16(4,5)14-8-6-7-12(14)2/h6-7,9H,8,10H2,1-5H3. The summed E-state index contributed by atoms with van der Waals surface area (Å²) in [7, 11) is -1.36. The second kappa shape index (κ2) is 3.88. The summed E-state index contributed by atoms with van der Waals surface area (Å²) in [6, 6.07) is 0. The van der Waals surface area contributed by atoms with Gasteiger partial charge in [0, 0.05) is 0 Å². The van der Waals surface area contributed by atoms with Crippen LogP contribution in [0.15, 0.2) is 45.3 Å². The highest BCUT2D eigenvalue weighted by molar-refractivity contribution is 6.91. The molecule has 0 nitrogen and oxygen atoms in total. The minimum Gasteiger partial charge on any atom is -0.0806 e. The normalized spacial score (nSPS) is 21.2. The van der Waals surface area contributed by atoms with E-state index < -0.39 is 8.07 Å². The van der Waals surface area contributed by atoms with E-state index in [0.717, 1.165) is 0 Å². The summed E-state index contributed by atoms with van der Waals surface area (Å²) in [5.41, 5.74) is 4.60. The van der Waals surface area contributed by atoms with E-state index in [9.17, 15) is 0 Å². The van der Waals surface area contributed by atoms with Crippen molar-refractivity contribution in [1.82, 2.24) is 0 Å². The molecular formula is C15H22Si. The fraction of sp³-hybridized carbons (Fsp3) is 0.467. The van der Waals surface area contributed by atoms with Gasteiger partial charge >= 0.3 is 0 Å². The van der Waals surface area contributed by atoms with Crippen LogP contribution in [0.25, 0.3) is 0 Å². The van der Waals surface area contributed by atoms with Gasteiger partial charge in [0.2, 0.25) is 0 Å². The molecule has 0 aromatic carbocycles. The summed E-state index contributed by atoms with van der Waals surface area (Å²) in [6.45, 7) is 11.9. The maximum Gasteiger partial charge on any atom is 0.104 e. The van der Waals surface area contributed by atoms with Crippen LogP contribution in [0.1, 0.15) is 33.6 Å². The van der Waals surface area contributed by atoms with Crippen molar-refractivity contribution in [2.24, 2.45) is 0 Å². The average Bonchev–Trinajstić information content (AvgIpc) is 2.76. The van der Waals surface area contributed by atoms with Gasteiger partial charge in [-0.2, -0.15) is 0 Å². The van der Waals surface area contributed by atoms with Gasteiger partial charge in [-0.25, -0.2) is 0 Å². The van der Waals surface area contributed by atoms with Crippen LogP contribution in [-0.4, -0.2) is 8.07 Å². The molecular weight excluding hydrogens is 208 g/mol. The molecule has 86 valence electrons. The Labute approximate surface area is 100 Å². The Kier molecular flexibility index (Phi) is 2.83. The molecule has 0 saturated heterocycles. The predicted octanol–water partition coefficient (Wildman–Crippen LogP) is 4.72. The van der Waals surface area contributed by atoms with Crippen LogP contribution in [0.4, 0.5) is 0 Å². The first-order valence-electron chi connectivity index (χ1n) is 6.18. The molecule has 0 spiro atoms. The summed E-state index contributed by atoms with van der Waals surface area (Å²) in [5, 5.41) is 3.49. The Morgan fingerprint density at radius 2 is 1.69 bits per heavy atom. The van der Waals surface area contributed by atoms with Gasteiger partial charge in [0.05, 0.1) is 0 Å². The smallest absolute Gasteiger partial charge is 0.0806 e. The van der Waals surface area contributed by atoms with E-state index in [4.69, 9.17) is 0 Å². The number of hydrogen-bond acceptors (Lipinski definition) is 0. The van der Waals surface area contributed by atoms with Gasteiger partial charge in [-0.1, -0.05) is 58.4 Å². The molecule has 0 bridgehead atoms. The first-order chi connectivity index (χ1) is 7.44. The molecule has 0 heterocycles. The highest BCUT2D eigenvalue weighted by Gasteiger charge is 2.34. The fourth-order valence-corrected chi connectivity index (χ4v) is 6.88. The highest BCUT2D eigenvalue weighted by atomic mass is 28.3. The first-order valence-corrected chi connectivity index (χ1v) is 9.18. The van der Waals surface area contributed by atoms with Gasteiger partial charge in [0.15, 0.2) is 0 Å². The van der Waals surface area contributed by atoms with E-state index in [1.807, 2.05) is 0 Å². The summed E-state index contributed by atoms with van der Waals surface area (Å²) in [5.74, 6) is 0. The molecule has 0 atom stereocenters. The molecule has 2 rings (SSSR count). The molecule has 0 amide bonds. The third kappa shape index (κ3) is 1.67. The molecule has 0 N–H and O–H groups in total. The molecule has 0 fully saturated rings. The van der Waals surface area contributed by atoms with Gasteiger partial charge in [-0.15, -0.1) is 0 Å². The molecule has 0 saturated carbocycles. The van der Waals surface area contributed by atoms with Gasteiger partial charge in [0.1, 0.15) is 8.07 Å². The van der Waals surface area contributed by atoms with Crippen molar-refractivity contribution < 1.29 is 0 Å². The number of rotatable bonds is 2. The van der Waals surface area contributed by atoms with Crippen LogP contribution in [0, 0.1) is 0 Å². The van der Waals surface area contributed by atoms with Crippen LogP contribution in [0.5, 0.6) is 0 Å². The minimum absolute atomic E-state index is 1.20. The number of hydrogen-bond donors (Lipinski definition) is 0. The zero-order chi connectivity index (χ0) is 11.9. The van der Waals surface area contributed by atoms with Gasteiger partial charge in [-0.3, -0.25) is 0 Å². The third-order valence-electron chi connectivity index (χ3n) is 4.33. The van der Waals surface area contributed by atoms with Gasteiger partial charge < -0.3 is 0 Å². The largest absolute Gasteiger partial charge is 0.104 e. The van der Waals surface area contributed by atoms with Crippen molar-refractivity contribution in [2.75, 3.05) is 0 Å². The molecule has 0 unspecified atom stereocenters. The Morgan fingerprint density at radius 3 is 2.12 bits per heavy atom. The maximum atomic E-state index is 2.52. The van der Waals surface area contributed by atoms with E-state index in [2.05, 4.69) is 52.1 Å². The molecule has 16 heavy (non-hydrogen) atoms. The third-order valence-corrected chi connectivity index (χ3v) is 8.53. The molecule has 2 aliphatic rings. The van der Waals surface area contributed by atoms with Crippen LogP contribution < -0.4 is 0 Å². The predicted molar refractivity (Wildman–Crippen MR) is 75.0 cm³/mol. The Hall–Kier alpha value is -0.823. The quantitative estimate of drug-likeness (QED) is 0.602. The zero-order valence-corrected chi connectivity index (χ0v) is 12.1. The molecule has 0 aromatic rings. The van der Waals surface area contributed by atoms with Crippen LogP contribution >= 0.6 is 0 Å². The summed E-state index contributed by atoms with van der Waals surface area (Å²) in [6.07, 6.45) is 9.42. The van der Waals surface area contributed by atoms with Crippen molar-refractivity contribution in [1.29, 1.82) is 0 Å². The van der Waals surface area contributed by atoms with Gasteiger partial charge in [-0.05, 0) is 33.6 Å². The second-order valence-corrected chi connectivity index (χ2v) is 10.0. The van der Waals surface area contributed by atoms with E-state index in [1.165, 1.54) is 24.0 Å². The lowest BCUT2D eigenvalue weighted by molar-refractivity contribution is 1.26. The first kappa shape index (κ1) is 11.7. The molecule has 0 radical (unpaired) electrons. The zero-order valence-electron chi connectivity index (χ0n) is 11.1. The van der Waals surface area contributed by atoms with Crippen molar-refractivity contribution in [3.63, 3.8) is 0 Å². The Bertz CT molecular complexity index is 442. The van der Waals surface area contributed by atoms with Crippen molar-refractivity contribution >= 4 is 8.07 Å². The van der Waals surface area contributed by atoms with Crippen molar-refractivity contribution in [3.05, 3.63) is 45.3 Å². The lowest BCUT2D eigenvalue weighted by Gasteiger charge is -2.28. The van der Waals surface area contributed by atoms with Crippen LogP contribution in [0.3, 0.4) is 0 Å². The minimum atomic E-state index is -1.36. The second-order valence-electron chi connectivity index (χ2n) is 5.59. The lowest BCUT2D eigenvalue weighted by Crippen LogP contribution is -2.32. The number of allylic oxidation sites excluding steroid dienone is 8. The van der Waals surface area contributed by atoms with Crippen LogP contribution in [-0.2, 0) is 0 Å². The molecule has 1 heteroatoms. The van der Waals surface area contributed by atoms with Gasteiger partial charge in [0.25, 0.3) is 0 Å². The Morgan fingerprint density at radius 1 is 1.00 bits per heavy atom. The highest BCUT2D eigenvalue weighted by Crippen LogP contribution is 2.39. The lowest BCUT2D eigenvalue weighted by atomic mass is 10.2. The van der Waals surface area contributed by atoms with E-state index in [0.29, 0.717) is 0 Å². The topological polar surface area (TPSA) is 0 Å². The van der Waals surface area contributed by atoms with E-state index >= 15 is 0 Å². The van der Waals surface area contributed by atoms with E-state index in [-0.39, 0.29) is 0 Å².